The fraction of sp³-hybridized carbons (Fsp3) is 0.111. The van der Waals surface area contributed by atoms with Gasteiger partial charge < -0.3 is 15.7 Å². The van der Waals surface area contributed by atoms with Crippen LogP contribution in [0.25, 0.3) is 0 Å². The van der Waals surface area contributed by atoms with Gasteiger partial charge in [0.2, 0.25) is 0 Å². The van der Waals surface area contributed by atoms with E-state index in [0.717, 1.165) is 4.47 Å². The van der Waals surface area contributed by atoms with E-state index >= 15 is 0 Å². The summed E-state index contributed by atoms with van der Waals surface area (Å²) >= 11 is 3.26. The molecule has 0 spiro atoms. The zero-order chi connectivity index (χ0) is 11.3. The van der Waals surface area contributed by atoms with Gasteiger partial charge in [-0.1, -0.05) is 21.1 Å². The Morgan fingerprint density at radius 1 is 1.67 bits per heavy atom. The number of oxime groups is 1. The number of hydrogen-bond acceptors (Lipinski definition) is 4. The molecule has 0 fully saturated rings. The van der Waals surface area contributed by atoms with Crippen LogP contribution in [0.4, 0.5) is 0 Å². The van der Waals surface area contributed by atoms with Crippen LogP contribution in [0, 0.1) is 0 Å². The molecule has 1 rings (SSSR count). The Balaban J connectivity index is 2.90. The number of carbonyl (C=O) groups excluding carboxylic acids is 1. The van der Waals surface area contributed by atoms with Crippen molar-refractivity contribution < 1.29 is 14.7 Å². The van der Waals surface area contributed by atoms with Crippen molar-refractivity contribution in [3.63, 3.8) is 0 Å². The molecule has 0 unspecified atom stereocenters. The van der Waals surface area contributed by atoms with E-state index in [1.165, 1.54) is 6.21 Å². The van der Waals surface area contributed by atoms with E-state index in [9.17, 15) is 4.79 Å². The second-order valence-electron chi connectivity index (χ2n) is 2.68. The highest BCUT2D eigenvalue weighted by molar-refractivity contribution is 9.10. The summed E-state index contributed by atoms with van der Waals surface area (Å²) in [5.41, 5.74) is 5.49. The zero-order valence-electron chi connectivity index (χ0n) is 7.68. The fourth-order valence-electron chi connectivity index (χ4n) is 0.963. The second-order valence-corrected chi connectivity index (χ2v) is 3.60. The highest BCUT2D eigenvalue weighted by Gasteiger charge is 2.04. The molecule has 3 N–H and O–H groups in total. The van der Waals surface area contributed by atoms with E-state index in [1.54, 1.807) is 18.2 Å². The number of primary amides is 1. The topological polar surface area (TPSA) is 84.9 Å². The predicted molar refractivity (Wildman–Crippen MR) is 58.2 cm³/mol. The molecule has 1 aromatic rings. The standard InChI is InChI=1S/C9H9BrN2O3/c10-7-1-2-8(15-5-9(11)13)6(3-7)4-12-14/h1-4,14H,5H2,(H2,11,13)/b12-4-. The third kappa shape index (κ3) is 3.59. The van der Waals surface area contributed by atoms with E-state index in [2.05, 4.69) is 21.1 Å². The Kier molecular flexibility index (Phi) is 4.11. The average molecular weight is 273 g/mol. The fourth-order valence-corrected chi connectivity index (χ4v) is 1.34. The molecule has 0 atom stereocenters. The van der Waals surface area contributed by atoms with Crippen LogP contribution >= 0.6 is 15.9 Å². The molecule has 0 radical (unpaired) electrons. The van der Waals surface area contributed by atoms with Gasteiger partial charge in [0.1, 0.15) is 5.75 Å². The van der Waals surface area contributed by atoms with E-state index in [-0.39, 0.29) is 6.61 Å². The molecule has 0 aliphatic carbocycles. The molecular weight excluding hydrogens is 264 g/mol. The van der Waals surface area contributed by atoms with Gasteiger partial charge in [-0.05, 0) is 18.2 Å². The van der Waals surface area contributed by atoms with Crippen molar-refractivity contribution in [3.05, 3.63) is 28.2 Å². The molecule has 80 valence electrons. The molecule has 0 aliphatic rings. The van der Waals surface area contributed by atoms with Crippen LogP contribution in [0.2, 0.25) is 0 Å². The molecule has 0 saturated heterocycles. The maximum absolute atomic E-state index is 10.5. The first kappa shape index (κ1) is 11.5. The Morgan fingerprint density at radius 2 is 2.40 bits per heavy atom. The summed E-state index contributed by atoms with van der Waals surface area (Å²) in [5.74, 6) is -0.139. The van der Waals surface area contributed by atoms with Crippen LogP contribution in [0.3, 0.4) is 0 Å². The summed E-state index contributed by atoms with van der Waals surface area (Å²) in [6.07, 6.45) is 1.21. The van der Waals surface area contributed by atoms with Gasteiger partial charge in [-0.3, -0.25) is 4.79 Å². The number of rotatable bonds is 4. The second kappa shape index (κ2) is 5.35. The predicted octanol–water partition coefficient (Wildman–Crippen LogP) is 1.12. The highest BCUT2D eigenvalue weighted by Crippen LogP contribution is 2.21. The quantitative estimate of drug-likeness (QED) is 0.489. The highest BCUT2D eigenvalue weighted by atomic mass is 79.9. The number of carbonyl (C=O) groups is 1. The number of nitrogens with two attached hydrogens (primary N) is 1. The average Bonchev–Trinajstić information content (AvgIpc) is 2.17. The van der Waals surface area contributed by atoms with E-state index < -0.39 is 5.91 Å². The van der Waals surface area contributed by atoms with Crippen LogP contribution < -0.4 is 10.5 Å². The summed E-state index contributed by atoms with van der Waals surface area (Å²) < 4.78 is 5.92. The van der Waals surface area contributed by atoms with Crippen molar-refractivity contribution in [1.82, 2.24) is 0 Å². The number of amides is 1. The number of ether oxygens (including phenoxy) is 1. The third-order valence-corrected chi connectivity index (χ3v) is 2.03. The van der Waals surface area contributed by atoms with Crippen molar-refractivity contribution in [3.8, 4) is 5.75 Å². The van der Waals surface area contributed by atoms with Crippen LogP contribution in [0.15, 0.2) is 27.8 Å². The van der Waals surface area contributed by atoms with Gasteiger partial charge in [0.25, 0.3) is 5.91 Å². The van der Waals surface area contributed by atoms with Crippen LogP contribution in [-0.2, 0) is 4.79 Å². The van der Waals surface area contributed by atoms with Gasteiger partial charge in [0, 0.05) is 10.0 Å². The van der Waals surface area contributed by atoms with Crippen molar-refractivity contribution >= 4 is 28.1 Å². The summed E-state index contributed by atoms with van der Waals surface area (Å²) in [7, 11) is 0. The van der Waals surface area contributed by atoms with Crippen molar-refractivity contribution in [2.24, 2.45) is 10.9 Å². The zero-order valence-corrected chi connectivity index (χ0v) is 9.27. The molecule has 0 bridgehead atoms. The Hall–Kier alpha value is -1.56. The molecule has 15 heavy (non-hydrogen) atoms. The lowest BCUT2D eigenvalue weighted by molar-refractivity contribution is -0.119. The van der Waals surface area contributed by atoms with Gasteiger partial charge in [0.15, 0.2) is 6.61 Å². The first-order chi connectivity index (χ1) is 7.13. The minimum absolute atomic E-state index is 0.214. The number of benzene rings is 1. The number of nitrogens with zero attached hydrogens (tertiary/aromatic N) is 1. The summed E-state index contributed by atoms with van der Waals surface area (Å²) in [5, 5.41) is 11.3. The van der Waals surface area contributed by atoms with Crippen molar-refractivity contribution in [2.45, 2.75) is 0 Å². The SMILES string of the molecule is NC(=O)COc1ccc(Br)cc1/C=N\O. The van der Waals surface area contributed by atoms with Crippen LogP contribution in [-0.4, -0.2) is 23.9 Å². The first-order valence-corrected chi connectivity index (χ1v) is 4.81. The molecule has 6 heteroatoms. The molecule has 0 aromatic heterocycles. The van der Waals surface area contributed by atoms with E-state index in [1.807, 2.05) is 0 Å². The number of hydrogen-bond donors (Lipinski definition) is 2. The lowest BCUT2D eigenvalue weighted by atomic mass is 10.2. The van der Waals surface area contributed by atoms with Crippen molar-refractivity contribution in [2.75, 3.05) is 6.61 Å². The first-order valence-electron chi connectivity index (χ1n) is 4.01. The Labute approximate surface area is 94.7 Å². The van der Waals surface area contributed by atoms with Gasteiger partial charge in [-0.15, -0.1) is 0 Å². The normalized spacial score (nSPS) is 10.5. The Morgan fingerprint density at radius 3 is 3.00 bits per heavy atom. The molecular formula is C9H9BrN2O3. The van der Waals surface area contributed by atoms with Gasteiger partial charge in [-0.25, -0.2) is 0 Å². The summed E-state index contributed by atoms with van der Waals surface area (Å²) in [6.45, 7) is -0.214. The smallest absolute Gasteiger partial charge is 0.255 e. The van der Waals surface area contributed by atoms with Gasteiger partial charge >= 0.3 is 0 Å². The van der Waals surface area contributed by atoms with Crippen LogP contribution in [0.5, 0.6) is 5.75 Å². The van der Waals surface area contributed by atoms with Crippen LogP contribution in [0.1, 0.15) is 5.56 Å². The maximum atomic E-state index is 10.5. The lowest BCUT2D eigenvalue weighted by Gasteiger charge is -2.06. The molecule has 0 heterocycles. The van der Waals surface area contributed by atoms with Crippen molar-refractivity contribution in [1.29, 1.82) is 0 Å². The minimum atomic E-state index is -0.565. The summed E-state index contributed by atoms with van der Waals surface area (Å²) in [4.78, 5) is 10.5. The minimum Gasteiger partial charge on any atom is -0.483 e. The molecule has 0 aliphatic heterocycles. The summed E-state index contributed by atoms with van der Waals surface area (Å²) in [6, 6.07) is 5.07. The van der Waals surface area contributed by atoms with Gasteiger partial charge in [0.05, 0.1) is 6.21 Å². The molecule has 5 nitrogen and oxygen atoms in total. The molecule has 1 aromatic carbocycles. The lowest BCUT2D eigenvalue weighted by Crippen LogP contribution is -2.20. The van der Waals surface area contributed by atoms with Gasteiger partial charge in [-0.2, -0.15) is 0 Å². The monoisotopic (exact) mass is 272 g/mol. The Bertz CT molecular complexity index is 393. The number of halogens is 1. The maximum Gasteiger partial charge on any atom is 0.255 e. The largest absolute Gasteiger partial charge is 0.483 e. The molecule has 1 amide bonds. The van der Waals surface area contributed by atoms with E-state index in [0.29, 0.717) is 11.3 Å². The molecule has 0 saturated carbocycles. The third-order valence-electron chi connectivity index (χ3n) is 1.54. The van der Waals surface area contributed by atoms with E-state index in [4.69, 9.17) is 15.7 Å².